The standard InChI is InChI=1S/C26H37NO/c1-3-24-13-21-14-25(16-24,22-7-5-4-6-8-22)18-26(15-21,17-24)23(28)12-20-9-10-27-19(2)11-20/h4-8,19-21,27H,3,9-18H2,1-2H3/t19-,20+,21?,24-,25-,26?/m1/s1. The lowest BCUT2D eigenvalue weighted by molar-refractivity contribution is -0.162. The highest BCUT2D eigenvalue weighted by Crippen LogP contribution is 2.71. The van der Waals surface area contributed by atoms with Crippen LogP contribution in [0.5, 0.6) is 0 Å². The van der Waals surface area contributed by atoms with Gasteiger partial charge in [-0.3, -0.25) is 4.79 Å². The first-order valence-electron chi connectivity index (χ1n) is 11.8. The largest absolute Gasteiger partial charge is 0.314 e. The average molecular weight is 380 g/mol. The first-order chi connectivity index (χ1) is 13.5. The average Bonchev–Trinajstić information content (AvgIpc) is 2.68. The van der Waals surface area contributed by atoms with Gasteiger partial charge in [0, 0.05) is 17.9 Å². The zero-order chi connectivity index (χ0) is 19.4. The number of hydrogen-bond donors (Lipinski definition) is 1. The summed E-state index contributed by atoms with van der Waals surface area (Å²) in [5.41, 5.74) is 2.16. The molecule has 1 N–H and O–H groups in total. The van der Waals surface area contributed by atoms with Crippen LogP contribution in [-0.4, -0.2) is 18.4 Å². The van der Waals surface area contributed by atoms with Crippen LogP contribution in [0.1, 0.15) is 83.6 Å². The quantitative estimate of drug-likeness (QED) is 0.716. The molecular weight excluding hydrogens is 342 g/mol. The monoisotopic (exact) mass is 379 g/mol. The molecule has 0 amide bonds. The van der Waals surface area contributed by atoms with E-state index in [1.165, 1.54) is 56.9 Å². The van der Waals surface area contributed by atoms with Gasteiger partial charge in [0.15, 0.2) is 0 Å². The van der Waals surface area contributed by atoms with Gasteiger partial charge in [-0.15, -0.1) is 0 Å². The van der Waals surface area contributed by atoms with E-state index in [1.54, 1.807) is 0 Å². The molecule has 4 saturated carbocycles. The van der Waals surface area contributed by atoms with Crippen LogP contribution >= 0.6 is 0 Å². The van der Waals surface area contributed by atoms with Crippen LogP contribution in [0, 0.1) is 22.7 Å². The van der Waals surface area contributed by atoms with Gasteiger partial charge in [0.05, 0.1) is 0 Å². The molecule has 2 nitrogen and oxygen atoms in total. The molecule has 6 rings (SSSR count). The van der Waals surface area contributed by atoms with E-state index in [9.17, 15) is 4.79 Å². The third kappa shape index (κ3) is 2.98. The Kier molecular flexibility index (Phi) is 4.50. The van der Waals surface area contributed by atoms with Crippen molar-refractivity contribution in [1.29, 1.82) is 0 Å². The molecule has 2 unspecified atom stereocenters. The summed E-state index contributed by atoms with van der Waals surface area (Å²) in [7, 11) is 0. The van der Waals surface area contributed by atoms with E-state index < -0.39 is 0 Å². The van der Waals surface area contributed by atoms with Crippen LogP contribution in [0.2, 0.25) is 0 Å². The maximum atomic E-state index is 13.9. The number of Topliss-reactive ketones (excluding diaryl/α,β-unsaturated/α-hetero) is 1. The van der Waals surface area contributed by atoms with Crippen LogP contribution < -0.4 is 5.32 Å². The number of piperidine rings is 1. The maximum absolute atomic E-state index is 13.9. The van der Waals surface area contributed by atoms with Crippen molar-refractivity contribution in [2.75, 3.05) is 6.54 Å². The molecule has 0 spiro atoms. The van der Waals surface area contributed by atoms with Gasteiger partial charge < -0.3 is 5.32 Å². The lowest BCUT2D eigenvalue weighted by atomic mass is 9.37. The lowest BCUT2D eigenvalue weighted by Gasteiger charge is -2.66. The molecule has 1 heterocycles. The summed E-state index contributed by atoms with van der Waals surface area (Å²) in [5.74, 6) is 1.99. The number of ketones is 1. The van der Waals surface area contributed by atoms with E-state index in [1.807, 2.05) is 0 Å². The van der Waals surface area contributed by atoms with Crippen molar-refractivity contribution >= 4 is 5.78 Å². The third-order valence-corrected chi connectivity index (χ3v) is 9.12. The predicted molar refractivity (Wildman–Crippen MR) is 114 cm³/mol. The highest BCUT2D eigenvalue weighted by atomic mass is 16.1. The molecule has 5 aliphatic rings. The van der Waals surface area contributed by atoms with Gasteiger partial charge in [-0.2, -0.15) is 0 Å². The van der Waals surface area contributed by atoms with Gasteiger partial charge in [-0.05, 0) is 93.1 Å². The van der Waals surface area contributed by atoms with E-state index in [0.29, 0.717) is 23.2 Å². The van der Waals surface area contributed by atoms with E-state index in [0.717, 1.165) is 25.3 Å². The Balaban J connectivity index is 1.46. The van der Waals surface area contributed by atoms with Gasteiger partial charge in [-0.1, -0.05) is 43.7 Å². The maximum Gasteiger partial charge on any atom is 0.139 e. The number of carbonyl (C=O) groups excluding carboxylic acids is 1. The minimum atomic E-state index is -0.0284. The topological polar surface area (TPSA) is 29.1 Å². The van der Waals surface area contributed by atoms with Crippen LogP contribution in [0.15, 0.2) is 30.3 Å². The second-order valence-electron chi connectivity index (χ2n) is 11.2. The van der Waals surface area contributed by atoms with Gasteiger partial charge >= 0.3 is 0 Å². The minimum absolute atomic E-state index is 0.0284. The van der Waals surface area contributed by atoms with Gasteiger partial charge in [0.25, 0.3) is 0 Å². The highest BCUT2D eigenvalue weighted by molar-refractivity contribution is 5.86. The summed E-state index contributed by atoms with van der Waals surface area (Å²) in [4.78, 5) is 13.9. The third-order valence-electron chi connectivity index (χ3n) is 9.12. The molecule has 4 bridgehead atoms. The summed E-state index contributed by atoms with van der Waals surface area (Å²) in [5, 5.41) is 3.55. The minimum Gasteiger partial charge on any atom is -0.314 e. The lowest BCUT2D eigenvalue weighted by Crippen LogP contribution is -2.61. The Morgan fingerprint density at radius 2 is 1.93 bits per heavy atom. The van der Waals surface area contributed by atoms with Crippen molar-refractivity contribution in [3.05, 3.63) is 35.9 Å². The number of hydrogen-bond acceptors (Lipinski definition) is 2. The molecule has 2 heteroatoms. The Morgan fingerprint density at radius 3 is 2.68 bits per heavy atom. The second kappa shape index (κ2) is 6.69. The highest BCUT2D eigenvalue weighted by Gasteiger charge is 2.64. The second-order valence-corrected chi connectivity index (χ2v) is 11.2. The van der Waals surface area contributed by atoms with Gasteiger partial charge in [-0.25, -0.2) is 0 Å². The molecule has 1 aromatic carbocycles. The molecule has 28 heavy (non-hydrogen) atoms. The zero-order valence-electron chi connectivity index (χ0n) is 17.8. The number of carbonyl (C=O) groups is 1. The number of rotatable bonds is 5. The van der Waals surface area contributed by atoms with E-state index in [-0.39, 0.29) is 10.8 Å². The van der Waals surface area contributed by atoms with Crippen molar-refractivity contribution in [3.63, 3.8) is 0 Å². The van der Waals surface area contributed by atoms with Crippen LogP contribution in [-0.2, 0) is 10.2 Å². The molecular formula is C26H37NO. The fourth-order valence-electron chi connectivity index (χ4n) is 8.36. The molecule has 6 atom stereocenters. The normalized spacial score (nSPS) is 44.6. The SMILES string of the molecule is CC[C@]12CC3CC(C(=O)C[C@H]4CCN[C@H](C)C4)(C1)C[C@@](c1ccccc1)(C3)C2. The van der Waals surface area contributed by atoms with Crippen molar-refractivity contribution in [3.8, 4) is 0 Å². The molecule has 0 aromatic heterocycles. The number of nitrogens with one attached hydrogen (secondary N) is 1. The molecule has 1 aliphatic heterocycles. The van der Waals surface area contributed by atoms with Crippen molar-refractivity contribution in [2.24, 2.45) is 22.7 Å². The Bertz CT molecular complexity index is 744. The Hall–Kier alpha value is -1.15. The summed E-state index contributed by atoms with van der Waals surface area (Å²) in [6, 6.07) is 11.8. The molecule has 4 aliphatic carbocycles. The van der Waals surface area contributed by atoms with E-state index in [4.69, 9.17) is 0 Å². The molecule has 5 fully saturated rings. The number of benzene rings is 1. The van der Waals surface area contributed by atoms with Crippen molar-refractivity contribution in [2.45, 2.75) is 89.5 Å². The summed E-state index contributed by atoms with van der Waals surface area (Å²) in [6.45, 7) is 5.75. The summed E-state index contributed by atoms with van der Waals surface area (Å²) >= 11 is 0. The fraction of sp³-hybridized carbons (Fsp3) is 0.731. The first-order valence-corrected chi connectivity index (χ1v) is 11.8. The molecule has 1 aromatic rings. The van der Waals surface area contributed by atoms with Crippen molar-refractivity contribution in [1.82, 2.24) is 5.32 Å². The van der Waals surface area contributed by atoms with Gasteiger partial charge in [0.2, 0.25) is 0 Å². The predicted octanol–water partition coefficient (Wildman–Crippen LogP) is 5.65. The van der Waals surface area contributed by atoms with Crippen LogP contribution in [0.25, 0.3) is 0 Å². The van der Waals surface area contributed by atoms with E-state index >= 15 is 0 Å². The van der Waals surface area contributed by atoms with Crippen LogP contribution in [0.3, 0.4) is 0 Å². The van der Waals surface area contributed by atoms with Gasteiger partial charge in [0.1, 0.15) is 5.78 Å². The van der Waals surface area contributed by atoms with Crippen molar-refractivity contribution < 1.29 is 4.79 Å². The van der Waals surface area contributed by atoms with E-state index in [2.05, 4.69) is 49.5 Å². The Labute approximate surface area is 170 Å². The summed E-state index contributed by atoms with van der Waals surface area (Å²) in [6.07, 6.45) is 11.9. The van der Waals surface area contributed by atoms with Crippen LogP contribution in [0.4, 0.5) is 0 Å². The smallest absolute Gasteiger partial charge is 0.139 e. The fourth-order valence-corrected chi connectivity index (χ4v) is 8.36. The first kappa shape index (κ1) is 18.9. The Morgan fingerprint density at radius 1 is 1.11 bits per heavy atom. The summed E-state index contributed by atoms with van der Waals surface area (Å²) < 4.78 is 0. The zero-order valence-corrected chi connectivity index (χ0v) is 17.8. The molecule has 1 saturated heterocycles. The molecule has 152 valence electrons. The molecule has 0 radical (unpaired) electrons.